The van der Waals surface area contributed by atoms with Gasteiger partial charge in [-0.1, -0.05) is 31.2 Å². The largest absolute Gasteiger partial charge is 0.355 e. The first-order chi connectivity index (χ1) is 8.24. The van der Waals surface area contributed by atoms with Crippen LogP contribution in [0.15, 0.2) is 24.3 Å². The zero-order valence-electron chi connectivity index (χ0n) is 10.8. The van der Waals surface area contributed by atoms with E-state index in [1.165, 1.54) is 11.1 Å². The summed E-state index contributed by atoms with van der Waals surface area (Å²) in [5.41, 5.74) is 2.65. The molecule has 17 heavy (non-hydrogen) atoms. The molecule has 0 radical (unpaired) electrons. The van der Waals surface area contributed by atoms with Crippen LogP contribution in [0.2, 0.25) is 0 Å². The highest BCUT2D eigenvalue weighted by Crippen LogP contribution is 2.06. The lowest BCUT2D eigenvalue weighted by Gasteiger charge is -2.07. The molecule has 3 heteroatoms. The summed E-state index contributed by atoms with van der Waals surface area (Å²) < 4.78 is 0. The van der Waals surface area contributed by atoms with Crippen LogP contribution < -0.4 is 10.6 Å². The van der Waals surface area contributed by atoms with E-state index in [1.54, 1.807) is 0 Å². The lowest BCUT2D eigenvalue weighted by molar-refractivity contribution is -0.120. The molecule has 0 aromatic heterocycles. The van der Waals surface area contributed by atoms with Crippen LogP contribution in [0.3, 0.4) is 0 Å². The van der Waals surface area contributed by atoms with Crippen LogP contribution in [-0.2, 0) is 11.2 Å². The van der Waals surface area contributed by atoms with Gasteiger partial charge in [-0.25, -0.2) is 0 Å². The summed E-state index contributed by atoms with van der Waals surface area (Å²) in [5.74, 6) is 0.0802. The minimum atomic E-state index is 0.0802. The zero-order valence-corrected chi connectivity index (χ0v) is 10.8. The summed E-state index contributed by atoms with van der Waals surface area (Å²) >= 11 is 0. The van der Waals surface area contributed by atoms with Crippen molar-refractivity contribution in [2.45, 2.75) is 26.7 Å². The van der Waals surface area contributed by atoms with Gasteiger partial charge in [0.05, 0.1) is 6.54 Å². The fourth-order valence-corrected chi connectivity index (χ4v) is 1.64. The minimum absolute atomic E-state index is 0.0802. The van der Waals surface area contributed by atoms with Crippen LogP contribution in [0.1, 0.15) is 24.5 Å². The molecule has 0 saturated heterocycles. The second-order valence-electron chi connectivity index (χ2n) is 4.20. The van der Waals surface area contributed by atoms with E-state index < -0.39 is 0 Å². The average molecular weight is 234 g/mol. The van der Waals surface area contributed by atoms with E-state index in [0.717, 1.165) is 25.9 Å². The molecule has 94 valence electrons. The van der Waals surface area contributed by atoms with Crippen LogP contribution in [0.4, 0.5) is 0 Å². The Morgan fingerprint density at radius 1 is 1.24 bits per heavy atom. The van der Waals surface area contributed by atoms with E-state index in [0.29, 0.717) is 6.54 Å². The quantitative estimate of drug-likeness (QED) is 0.704. The Hall–Kier alpha value is -1.35. The van der Waals surface area contributed by atoms with Crippen LogP contribution in [-0.4, -0.2) is 25.5 Å². The van der Waals surface area contributed by atoms with Gasteiger partial charge in [0.1, 0.15) is 0 Å². The fourth-order valence-electron chi connectivity index (χ4n) is 1.64. The van der Waals surface area contributed by atoms with Gasteiger partial charge < -0.3 is 10.6 Å². The predicted octanol–water partition coefficient (Wildman–Crippen LogP) is 1.65. The number of carbonyl (C=O) groups is 1. The normalized spacial score (nSPS) is 10.2. The predicted molar refractivity (Wildman–Crippen MR) is 71.1 cm³/mol. The molecule has 0 bridgehead atoms. The van der Waals surface area contributed by atoms with E-state index in [9.17, 15) is 4.79 Å². The maximum atomic E-state index is 11.3. The lowest BCUT2D eigenvalue weighted by atomic mass is 10.1. The first-order valence-electron chi connectivity index (χ1n) is 6.26. The van der Waals surface area contributed by atoms with Crippen molar-refractivity contribution < 1.29 is 4.79 Å². The standard InChI is InChI=1S/C14H22N2O/c1-3-9-16-14(17)11-15-10-8-13-7-5-4-6-12(13)2/h4-7,15H,3,8-11H2,1-2H3,(H,16,17). The van der Waals surface area contributed by atoms with Crippen molar-refractivity contribution in [2.24, 2.45) is 0 Å². The Balaban J connectivity index is 2.16. The van der Waals surface area contributed by atoms with Crippen molar-refractivity contribution in [1.82, 2.24) is 10.6 Å². The molecule has 1 aromatic rings. The molecular weight excluding hydrogens is 212 g/mol. The maximum Gasteiger partial charge on any atom is 0.233 e. The second-order valence-corrected chi connectivity index (χ2v) is 4.20. The van der Waals surface area contributed by atoms with E-state index in [2.05, 4.69) is 35.8 Å². The van der Waals surface area contributed by atoms with E-state index >= 15 is 0 Å². The molecule has 2 N–H and O–H groups in total. The van der Waals surface area contributed by atoms with Gasteiger partial charge in [-0.05, 0) is 37.4 Å². The smallest absolute Gasteiger partial charge is 0.233 e. The Morgan fingerprint density at radius 2 is 2.00 bits per heavy atom. The molecule has 0 spiro atoms. The molecule has 0 fully saturated rings. The van der Waals surface area contributed by atoms with E-state index in [4.69, 9.17) is 0 Å². The van der Waals surface area contributed by atoms with Crippen molar-refractivity contribution in [3.8, 4) is 0 Å². The average Bonchev–Trinajstić information content (AvgIpc) is 2.34. The van der Waals surface area contributed by atoms with Gasteiger partial charge in [0.15, 0.2) is 0 Å². The number of rotatable bonds is 7. The number of aryl methyl sites for hydroxylation is 1. The molecule has 0 atom stereocenters. The van der Waals surface area contributed by atoms with E-state index in [1.807, 2.05) is 13.0 Å². The Morgan fingerprint density at radius 3 is 2.71 bits per heavy atom. The van der Waals surface area contributed by atoms with Gasteiger partial charge in [-0.2, -0.15) is 0 Å². The Kier molecular flexibility index (Phi) is 6.33. The molecule has 1 aromatic carbocycles. The first-order valence-corrected chi connectivity index (χ1v) is 6.26. The first kappa shape index (κ1) is 13.7. The van der Waals surface area contributed by atoms with Crippen molar-refractivity contribution in [3.63, 3.8) is 0 Å². The SMILES string of the molecule is CCCNC(=O)CNCCc1ccccc1C. The third-order valence-electron chi connectivity index (χ3n) is 2.69. The number of nitrogens with one attached hydrogen (secondary N) is 2. The van der Waals surface area contributed by atoms with Gasteiger partial charge >= 0.3 is 0 Å². The number of carbonyl (C=O) groups excluding carboxylic acids is 1. The summed E-state index contributed by atoms with van der Waals surface area (Å²) in [6.45, 7) is 6.17. The minimum Gasteiger partial charge on any atom is -0.355 e. The molecular formula is C14H22N2O. The fraction of sp³-hybridized carbons (Fsp3) is 0.500. The third kappa shape index (κ3) is 5.50. The van der Waals surface area contributed by atoms with Crippen LogP contribution in [0.5, 0.6) is 0 Å². The highest BCUT2D eigenvalue weighted by atomic mass is 16.1. The molecule has 0 unspecified atom stereocenters. The Labute approximate surface area is 104 Å². The van der Waals surface area contributed by atoms with Crippen LogP contribution in [0, 0.1) is 6.92 Å². The summed E-state index contributed by atoms with van der Waals surface area (Å²) in [5, 5.41) is 6.00. The van der Waals surface area contributed by atoms with Gasteiger partial charge in [0.25, 0.3) is 0 Å². The molecule has 0 aliphatic rings. The van der Waals surface area contributed by atoms with Crippen molar-refractivity contribution in [1.29, 1.82) is 0 Å². The van der Waals surface area contributed by atoms with Crippen molar-refractivity contribution in [3.05, 3.63) is 35.4 Å². The second kappa shape index (κ2) is 7.85. The van der Waals surface area contributed by atoms with Crippen LogP contribution >= 0.6 is 0 Å². The number of hydrogen-bond donors (Lipinski definition) is 2. The van der Waals surface area contributed by atoms with Gasteiger partial charge in [0.2, 0.25) is 5.91 Å². The molecule has 3 nitrogen and oxygen atoms in total. The molecule has 0 aliphatic heterocycles. The number of amides is 1. The number of benzene rings is 1. The highest BCUT2D eigenvalue weighted by Gasteiger charge is 2.00. The number of hydrogen-bond acceptors (Lipinski definition) is 2. The highest BCUT2D eigenvalue weighted by molar-refractivity contribution is 5.77. The van der Waals surface area contributed by atoms with Gasteiger partial charge in [0, 0.05) is 6.54 Å². The Bertz CT molecular complexity index is 350. The molecule has 0 heterocycles. The molecule has 0 saturated carbocycles. The van der Waals surface area contributed by atoms with Crippen molar-refractivity contribution in [2.75, 3.05) is 19.6 Å². The van der Waals surface area contributed by atoms with Gasteiger partial charge in [-0.15, -0.1) is 0 Å². The van der Waals surface area contributed by atoms with Crippen LogP contribution in [0.25, 0.3) is 0 Å². The topological polar surface area (TPSA) is 41.1 Å². The summed E-state index contributed by atoms with van der Waals surface area (Å²) in [6, 6.07) is 8.35. The van der Waals surface area contributed by atoms with Crippen molar-refractivity contribution >= 4 is 5.91 Å². The van der Waals surface area contributed by atoms with E-state index in [-0.39, 0.29) is 5.91 Å². The summed E-state index contributed by atoms with van der Waals surface area (Å²) in [7, 11) is 0. The maximum absolute atomic E-state index is 11.3. The molecule has 1 rings (SSSR count). The molecule has 0 aliphatic carbocycles. The van der Waals surface area contributed by atoms with Gasteiger partial charge in [-0.3, -0.25) is 4.79 Å². The third-order valence-corrected chi connectivity index (χ3v) is 2.69. The summed E-state index contributed by atoms with van der Waals surface area (Å²) in [4.78, 5) is 11.3. The lowest BCUT2D eigenvalue weighted by Crippen LogP contribution is -2.35. The molecule has 1 amide bonds. The summed E-state index contributed by atoms with van der Waals surface area (Å²) in [6.07, 6.45) is 1.95. The monoisotopic (exact) mass is 234 g/mol. The zero-order chi connectivity index (χ0) is 12.5.